The standard InChI is InChI=1S/C25H41NO5/c1-16(2)19(14-21-22(27)15-20(17(3)4)25(28)26-21)12-18-8-9-23(30-6)24(13-18)31-11-7-10-29-5/h8-9,13,16-17,19-22,27H,7,10-12,14-15H2,1-6H3,(H,26,28)/t19?,20-,21-,22-/m0/s1. The fourth-order valence-corrected chi connectivity index (χ4v) is 4.27. The normalized spacial score (nSPS) is 22.5. The summed E-state index contributed by atoms with van der Waals surface area (Å²) in [5, 5.41) is 13.8. The fourth-order valence-electron chi connectivity index (χ4n) is 4.27. The molecule has 176 valence electrons. The summed E-state index contributed by atoms with van der Waals surface area (Å²) in [6.45, 7) is 9.69. The molecule has 1 unspecified atom stereocenters. The number of methoxy groups -OCH3 is 2. The molecule has 2 rings (SSSR count). The lowest BCUT2D eigenvalue weighted by atomic mass is 9.78. The van der Waals surface area contributed by atoms with Crippen molar-refractivity contribution >= 4 is 5.91 Å². The number of piperidine rings is 1. The number of rotatable bonds is 12. The Bertz CT molecular complexity index is 690. The van der Waals surface area contributed by atoms with Gasteiger partial charge in [0, 0.05) is 26.1 Å². The van der Waals surface area contributed by atoms with Gasteiger partial charge in [0.15, 0.2) is 11.5 Å². The second kappa shape index (κ2) is 12.3. The van der Waals surface area contributed by atoms with Crippen LogP contribution in [0.5, 0.6) is 11.5 Å². The van der Waals surface area contributed by atoms with Gasteiger partial charge in [-0.05, 0) is 54.7 Å². The largest absolute Gasteiger partial charge is 0.493 e. The quantitative estimate of drug-likeness (QED) is 0.488. The predicted molar refractivity (Wildman–Crippen MR) is 123 cm³/mol. The lowest BCUT2D eigenvalue weighted by Gasteiger charge is -2.37. The molecular formula is C25H41NO5. The van der Waals surface area contributed by atoms with Gasteiger partial charge in [-0.3, -0.25) is 4.79 Å². The third kappa shape index (κ3) is 7.39. The third-order valence-electron chi connectivity index (χ3n) is 6.40. The van der Waals surface area contributed by atoms with E-state index in [0.717, 1.165) is 36.3 Å². The van der Waals surface area contributed by atoms with Crippen molar-refractivity contribution in [3.8, 4) is 11.5 Å². The summed E-state index contributed by atoms with van der Waals surface area (Å²) < 4.78 is 16.5. The van der Waals surface area contributed by atoms with Crippen LogP contribution in [-0.2, 0) is 16.0 Å². The zero-order valence-electron chi connectivity index (χ0n) is 20.0. The molecule has 31 heavy (non-hydrogen) atoms. The van der Waals surface area contributed by atoms with Crippen molar-refractivity contribution in [3.63, 3.8) is 0 Å². The topological polar surface area (TPSA) is 77.0 Å². The molecule has 0 saturated carbocycles. The van der Waals surface area contributed by atoms with E-state index in [1.54, 1.807) is 14.2 Å². The average molecular weight is 436 g/mol. The minimum atomic E-state index is -0.498. The second-order valence-corrected chi connectivity index (χ2v) is 9.39. The molecular weight excluding hydrogens is 394 g/mol. The van der Waals surface area contributed by atoms with Crippen LogP contribution in [0.25, 0.3) is 0 Å². The highest BCUT2D eigenvalue weighted by Gasteiger charge is 2.37. The maximum atomic E-state index is 12.5. The monoisotopic (exact) mass is 435 g/mol. The lowest BCUT2D eigenvalue weighted by Crippen LogP contribution is -2.54. The molecule has 2 N–H and O–H groups in total. The number of carbonyl (C=O) groups is 1. The summed E-state index contributed by atoms with van der Waals surface area (Å²) in [7, 11) is 3.33. The van der Waals surface area contributed by atoms with E-state index in [4.69, 9.17) is 14.2 Å². The molecule has 1 heterocycles. The van der Waals surface area contributed by atoms with Crippen molar-refractivity contribution in [2.75, 3.05) is 27.4 Å². The van der Waals surface area contributed by atoms with Crippen molar-refractivity contribution < 1.29 is 24.1 Å². The molecule has 0 radical (unpaired) electrons. The molecule has 1 aliphatic heterocycles. The van der Waals surface area contributed by atoms with Gasteiger partial charge in [-0.25, -0.2) is 0 Å². The van der Waals surface area contributed by atoms with Crippen molar-refractivity contribution in [3.05, 3.63) is 23.8 Å². The first-order valence-electron chi connectivity index (χ1n) is 11.5. The van der Waals surface area contributed by atoms with Crippen LogP contribution < -0.4 is 14.8 Å². The van der Waals surface area contributed by atoms with Gasteiger partial charge >= 0.3 is 0 Å². The molecule has 1 fully saturated rings. The van der Waals surface area contributed by atoms with Crippen LogP contribution in [0.15, 0.2) is 18.2 Å². The number of carbonyl (C=O) groups excluding carboxylic acids is 1. The zero-order chi connectivity index (χ0) is 23.0. The summed E-state index contributed by atoms with van der Waals surface area (Å²) in [6.07, 6.45) is 2.46. The Morgan fingerprint density at radius 1 is 1.13 bits per heavy atom. The van der Waals surface area contributed by atoms with Gasteiger partial charge in [-0.15, -0.1) is 0 Å². The summed E-state index contributed by atoms with van der Waals surface area (Å²) in [5.74, 6) is 2.40. The number of hydrogen-bond acceptors (Lipinski definition) is 5. The lowest BCUT2D eigenvalue weighted by molar-refractivity contribution is -0.133. The molecule has 6 heteroatoms. The maximum absolute atomic E-state index is 12.5. The van der Waals surface area contributed by atoms with E-state index in [0.29, 0.717) is 31.5 Å². The molecule has 1 aromatic rings. The molecule has 1 saturated heterocycles. The number of aliphatic hydroxyl groups is 1. The van der Waals surface area contributed by atoms with Gasteiger partial charge in [0.1, 0.15) is 0 Å². The smallest absolute Gasteiger partial charge is 0.223 e. The first-order chi connectivity index (χ1) is 14.8. The molecule has 0 aliphatic carbocycles. The summed E-state index contributed by atoms with van der Waals surface area (Å²) >= 11 is 0. The highest BCUT2D eigenvalue weighted by atomic mass is 16.5. The van der Waals surface area contributed by atoms with E-state index in [9.17, 15) is 9.90 Å². The van der Waals surface area contributed by atoms with Crippen LogP contribution in [0.2, 0.25) is 0 Å². The van der Waals surface area contributed by atoms with Gasteiger partial charge in [0.05, 0.1) is 25.9 Å². The SMILES string of the molecule is COCCCOc1cc(CC(C[C@@H]2NC(=O)[C@H](C(C)C)C[C@@H]2O)C(C)C)ccc1OC. The highest BCUT2D eigenvalue weighted by molar-refractivity contribution is 5.80. The Morgan fingerprint density at radius 2 is 1.87 bits per heavy atom. The number of ether oxygens (including phenoxy) is 3. The summed E-state index contributed by atoms with van der Waals surface area (Å²) in [6, 6.07) is 5.87. The van der Waals surface area contributed by atoms with Crippen LogP contribution in [0.1, 0.15) is 52.5 Å². The molecule has 6 nitrogen and oxygen atoms in total. The molecule has 1 amide bonds. The number of amides is 1. The van der Waals surface area contributed by atoms with Crippen molar-refractivity contribution in [2.45, 2.75) is 65.5 Å². The van der Waals surface area contributed by atoms with Crippen LogP contribution >= 0.6 is 0 Å². The molecule has 0 bridgehead atoms. The van der Waals surface area contributed by atoms with Gasteiger partial charge in [-0.1, -0.05) is 33.8 Å². The molecule has 1 aromatic carbocycles. The van der Waals surface area contributed by atoms with Crippen LogP contribution in [0, 0.1) is 23.7 Å². The van der Waals surface area contributed by atoms with Gasteiger partial charge in [0.25, 0.3) is 0 Å². The van der Waals surface area contributed by atoms with Crippen molar-refractivity contribution in [2.24, 2.45) is 23.7 Å². The van der Waals surface area contributed by atoms with E-state index >= 15 is 0 Å². The second-order valence-electron chi connectivity index (χ2n) is 9.39. The zero-order valence-corrected chi connectivity index (χ0v) is 20.0. The predicted octanol–water partition coefficient (Wildman–Crippen LogP) is 3.84. The fraction of sp³-hybridized carbons (Fsp3) is 0.720. The molecule has 0 aromatic heterocycles. The first kappa shape index (κ1) is 25.5. The maximum Gasteiger partial charge on any atom is 0.223 e. The molecule has 0 spiro atoms. The van der Waals surface area contributed by atoms with E-state index < -0.39 is 6.10 Å². The molecule has 4 atom stereocenters. The summed E-state index contributed by atoms with van der Waals surface area (Å²) in [5.41, 5.74) is 1.16. The van der Waals surface area contributed by atoms with E-state index in [1.165, 1.54) is 0 Å². The Hall–Kier alpha value is -1.79. The van der Waals surface area contributed by atoms with Crippen LogP contribution in [0.3, 0.4) is 0 Å². The van der Waals surface area contributed by atoms with E-state index in [2.05, 4.69) is 25.2 Å². The van der Waals surface area contributed by atoms with Gasteiger partial charge in [0.2, 0.25) is 5.91 Å². The Labute approximate surface area is 187 Å². The van der Waals surface area contributed by atoms with Gasteiger partial charge in [-0.2, -0.15) is 0 Å². The summed E-state index contributed by atoms with van der Waals surface area (Å²) in [4.78, 5) is 12.5. The highest BCUT2D eigenvalue weighted by Crippen LogP contribution is 2.33. The Kier molecular flexibility index (Phi) is 10.1. The number of benzene rings is 1. The van der Waals surface area contributed by atoms with Gasteiger partial charge < -0.3 is 24.6 Å². The van der Waals surface area contributed by atoms with Crippen LogP contribution in [0.4, 0.5) is 0 Å². The minimum absolute atomic E-state index is 0.0731. The van der Waals surface area contributed by atoms with Crippen LogP contribution in [-0.4, -0.2) is 50.6 Å². The Balaban J connectivity index is 2.06. The number of hydrogen-bond donors (Lipinski definition) is 2. The van der Waals surface area contributed by atoms with Crippen molar-refractivity contribution in [1.29, 1.82) is 0 Å². The van der Waals surface area contributed by atoms with Crippen molar-refractivity contribution in [1.82, 2.24) is 5.32 Å². The molecule has 1 aliphatic rings. The van der Waals surface area contributed by atoms with E-state index in [-0.39, 0.29) is 23.8 Å². The first-order valence-corrected chi connectivity index (χ1v) is 11.5. The number of nitrogens with one attached hydrogen (secondary N) is 1. The average Bonchev–Trinajstić information content (AvgIpc) is 2.72. The van der Waals surface area contributed by atoms with E-state index in [1.807, 2.05) is 26.0 Å². The minimum Gasteiger partial charge on any atom is -0.493 e. The third-order valence-corrected chi connectivity index (χ3v) is 6.40. The Morgan fingerprint density at radius 3 is 2.48 bits per heavy atom. The number of aliphatic hydroxyl groups excluding tert-OH is 1.